The molecule has 0 aliphatic rings. The van der Waals surface area contributed by atoms with E-state index in [9.17, 15) is 19.7 Å². The van der Waals surface area contributed by atoms with Crippen molar-refractivity contribution >= 4 is 23.8 Å². The van der Waals surface area contributed by atoms with Crippen LogP contribution in [0.5, 0.6) is 0 Å². The number of nitro benzene ring substituents is 1. The second kappa shape index (κ2) is 9.86. The van der Waals surface area contributed by atoms with E-state index in [0.29, 0.717) is 18.4 Å². The third kappa shape index (κ3) is 6.37. The van der Waals surface area contributed by atoms with Gasteiger partial charge in [0.1, 0.15) is 12.6 Å². The largest absolute Gasteiger partial charge is 0.445 e. The normalized spacial score (nSPS) is 11.0. The summed E-state index contributed by atoms with van der Waals surface area (Å²) >= 11 is 0. The third-order valence-corrected chi connectivity index (χ3v) is 3.18. The second-order valence-corrected chi connectivity index (χ2v) is 4.99. The fourth-order valence-corrected chi connectivity index (χ4v) is 1.89. The van der Waals surface area contributed by atoms with E-state index in [1.165, 1.54) is 24.3 Å². The van der Waals surface area contributed by atoms with Gasteiger partial charge >= 0.3 is 12.3 Å². The summed E-state index contributed by atoms with van der Waals surface area (Å²) in [6, 6.07) is 4.74. The Morgan fingerprint density at radius 2 is 2.08 bits per heavy atom. The molecule has 1 aromatic carbocycles. The SMILES string of the molecule is CCCCC(NC(=O)OCc1ccc([N+](=O)[O-])cc1)C(=O)C=[N+]=[N-]. The average Bonchev–Trinajstić information content (AvgIpc) is 2.57. The van der Waals surface area contributed by atoms with E-state index in [1.807, 2.05) is 6.92 Å². The number of non-ortho nitro benzene ring substituents is 1. The van der Waals surface area contributed by atoms with Gasteiger partial charge in [0, 0.05) is 12.1 Å². The molecule has 0 radical (unpaired) electrons. The van der Waals surface area contributed by atoms with Crippen LogP contribution in [0.3, 0.4) is 0 Å². The van der Waals surface area contributed by atoms with Gasteiger partial charge in [-0.15, -0.1) is 0 Å². The van der Waals surface area contributed by atoms with Crippen molar-refractivity contribution in [1.29, 1.82) is 0 Å². The average molecular weight is 334 g/mol. The molecule has 128 valence electrons. The summed E-state index contributed by atoms with van der Waals surface area (Å²) < 4.78 is 4.99. The molecule has 0 spiro atoms. The quantitative estimate of drug-likeness (QED) is 0.243. The number of hydrogen-bond acceptors (Lipinski definition) is 5. The van der Waals surface area contributed by atoms with Crippen LogP contribution in [0.2, 0.25) is 0 Å². The van der Waals surface area contributed by atoms with E-state index < -0.39 is 22.8 Å². The van der Waals surface area contributed by atoms with Crippen molar-refractivity contribution in [2.75, 3.05) is 0 Å². The molecule has 0 fully saturated rings. The number of benzene rings is 1. The summed E-state index contributed by atoms with van der Waals surface area (Å²) in [5.74, 6) is -0.529. The summed E-state index contributed by atoms with van der Waals surface area (Å²) in [4.78, 5) is 36.2. The first-order chi connectivity index (χ1) is 11.5. The number of unbranched alkanes of at least 4 members (excludes halogenated alkanes) is 1. The van der Waals surface area contributed by atoms with Crippen LogP contribution in [0.4, 0.5) is 10.5 Å². The van der Waals surface area contributed by atoms with Gasteiger partial charge in [0.05, 0.1) is 4.92 Å². The van der Waals surface area contributed by atoms with Gasteiger partial charge in [0.25, 0.3) is 11.5 Å². The number of amides is 1. The first-order valence-electron chi connectivity index (χ1n) is 7.35. The van der Waals surface area contributed by atoms with Crippen molar-refractivity contribution in [1.82, 2.24) is 5.32 Å². The van der Waals surface area contributed by atoms with Crippen molar-refractivity contribution in [3.05, 3.63) is 45.5 Å². The molecular weight excluding hydrogens is 316 g/mol. The van der Waals surface area contributed by atoms with Gasteiger partial charge in [0.2, 0.25) is 0 Å². The molecule has 9 nitrogen and oxygen atoms in total. The Labute approximate surface area is 138 Å². The topological polar surface area (TPSA) is 135 Å². The zero-order chi connectivity index (χ0) is 17.9. The van der Waals surface area contributed by atoms with Gasteiger partial charge in [-0.25, -0.2) is 4.79 Å². The number of Topliss-reactive ketones (excluding diaryl/α,β-unsaturated/α-hetero) is 1. The number of carbonyl (C=O) groups is 2. The first-order valence-corrected chi connectivity index (χ1v) is 7.35. The molecule has 1 unspecified atom stereocenters. The molecule has 1 rings (SSSR count). The molecule has 1 aromatic rings. The van der Waals surface area contributed by atoms with Crippen LogP contribution in [0.25, 0.3) is 5.53 Å². The monoisotopic (exact) mass is 334 g/mol. The van der Waals surface area contributed by atoms with E-state index >= 15 is 0 Å². The fraction of sp³-hybridized carbons (Fsp3) is 0.400. The van der Waals surface area contributed by atoms with Gasteiger partial charge in [-0.3, -0.25) is 14.9 Å². The maximum Gasteiger partial charge on any atom is 0.408 e. The van der Waals surface area contributed by atoms with Crippen LogP contribution in [0.1, 0.15) is 31.7 Å². The summed E-state index contributed by atoms with van der Waals surface area (Å²) in [5, 5.41) is 13.0. The number of rotatable bonds is 9. The van der Waals surface area contributed by atoms with Crippen LogP contribution < -0.4 is 5.32 Å². The van der Waals surface area contributed by atoms with Gasteiger partial charge in [0.15, 0.2) is 0 Å². The smallest absolute Gasteiger partial charge is 0.408 e. The summed E-state index contributed by atoms with van der Waals surface area (Å²) in [6.45, 7) is 1.85. The van der Waals surface area contributed by atoms with E-state index in [1.54, 1.807) is 0 Å². The van der Waals surface area contributed by atoms with Crippen molar-refractivity contribution in [3.63, 3.8) is 0 Å². The number of carbonyl (C=O) groups excluding carboxylic acids is 2. The lowest BCUT2D eigenvalue weighted by Crippen LogP contribution is -2.41. The lowest BCUT2D eigenvalue weighted by atomic mass is 10.1. The van der Waals surface area contributed by atoms with Crippen LogP contribution in [-0.2, 0) is 16.1 Å². The Morgan fingerprint density at radius 1 is 1.42 bits per heavy atom. The van der Waals surface area contributed by atoms with E-state index in [4.69, 9.17) is 10.3 Å². The van der Waals surface area contributed by atoms with Gasteiger partial charge in [-0.05, 0) is 24.1 Å². The number of ether oxygens (including phenoxy) is 1. The van der Waals surface area contributed by atoms with E-state index in [-0.39, 0.29) is 12.3 Å². The van der Waals surface area contributed by atoms with Crippen LogP contribution in [0.15, 0.2) is 24.3 Å². The van der Waals surface area contributed by atoms with E-state index in [0.717, 1.165) is 12.6 Å². The van der Waals surface area contributed by atoms with Crippen LogP contribution in [0, 0.1) is 10.1 Å². The lowest BCUT2D eigenvalue weighted by molar-refractivity contribution is -0.384. The minimum Gasteiger partial charge on any atom is -0.445 e. The van der Waals surface area contributed by atoms with Crippen molar-refractivity contribution < 1.29 is 24.0 Å². The standard InChI is InChI=1S/C15H18N4O5/c1-2-3-4-13(14(20)9-17-16)18-15(21)24-10-11-5-7-12(8-6-11)19(22)23/h5-9,13H,2-4,10H2,1H3,(H,18,21). The molecule has 0 heterocycles. The maximum atomic E-state index is 11.8. The Kier molecular flexibility index (Phi) is 7.80. The summed E-state index contributed by atoms with van der Waals surface area (Å²) in [6.07, 6.45) is 1.87. The highest BCUT2D eigenvalue weighted by Crippen LogP contribution is 2.12. The highest BCUT2D eigenvalue weighted by Gasteiger charge is 2.22. The van der Waals surface area contributed by atoms with Gasteiger partial charge in [-0.2, -0.15) is 4.79 Å². The van der Waals surface area contributed by atoms with E-state index in [2.05, 4.69) is 10.1 Å². The maximum absolute atomic E-state index is 11.8. The molecule has 0 bridgehead atoms. The Hall–Kier alpha value is -3.06. The summed E-state index contributed by atoms with van der Waals surface area (Å²) in [7, 11) is 0. The van der Waals surface area contributed by atoms with Gasteiger partial charge in [-0.1, -0.05) is 19.8 Å². The van der Waals surface area contributed by atoms with Crippen molar-refractivity contribution in [2.45, 2.75) is 38.8 Å². The Balaban J connectivity index is 2.57. The molecule has 9 heteroatoms. The summed E-state index contributed by atoms with van der Waals surface area (Å²) in [5.41, 5.74) is 8.93. The molecule has 24 heavy (non-hydrogen) atoms. The minimum atomic E-state index is -0.829. The fourth-order valence-electron chi connectivity index (χ4n) is 1.89. The number of hydrogen-bond donors (Lipinski definition) is 1. The molecule has 0 aliphatic carbocycles. The minimum absolute atomic E-state index is 0.0586. The molecule has 0 aromatic heterocycles. The predicted octanol–water partition coefficient (Wildman–Crippen LogP) is 2.25. The Bertz CT molecular complexity index is 638. The lowest BCUT2D eigenvalue weighted by Gasteiger charge is -2.14. The number of nitro groups is 1. The van der Waals surface area contributed by atoms with Crippen molar-refractivity contribution in [2.24, 2.45) is 0 Å². The van der Waals surface area contributed by atoms with Crippen LogP contribution in [-0.4, -0.2) is 33.8 Å². The number of ketones is 1. The highest BCUT2D eigenvalue weighted by atomic mass is 16.6. The number of nitrogens with one attached hydrogen (secondary N) is 1. The molecular formula is C15H18N4O5. The molecule has 1 amide bonds. The van der Waals surface area contributed by atoms with Gasteiger partial charge < -0.3 is 15.6 Å². The second-order valence-electron chi connectivity index (χ2n) is 4.99. The van der Waals surface area contributed by atoms with Crippen LogP contribution >= 0.6 is 0 Å². The third-order valence-electron chi connectivity index (χ3n) is 3.18. The van der Waals surface area contributed by atoms with Crippen molar-refractivity contribution in [3.8, 4) is 0 Å². The highest BCUT2D eigenvalue weighted by molar-refractivity contribution is 6.28. The molecule has 1 atom stereocenters. The number of nitrogens with zero attached hydrogens (tertiary/aromatic N) is 3. The molecule has 0 saturated heterocycles. The molecule has 0 aliphatic heterocycles. The zero-order valence-corrected chi connectivity index (χ0v) is 13.2. The zero-order valence-electron chi connectivity index (χ0n) is 13.2. The first kappa shape index (κ1) is 19.0. The Morgan fingerprint density at radius 3 is 2.62 bits per heavy atom. The number of alkyl carbamates (subject to hydrolysis) is 1. The molecule has 1 N–H and O–H groups in total. The predicted molar refractivity (Wildman–Crippen MR) is 84.4 cm³/mol. The molecule has 0 saturated carbocycles.